The van der Waals surface area contributed by atoms with E-state index in [-0.39, 0.29) is 30.4 Å². The van der Waals surface area contributed by atoms with Crippen LogP contribution in [0.2, 0.25) is 10.0 Å². The lowest BCUT2D eigenvalue weighted by Gasteiger charge is -2.31. The van der Waals surface area contributed by atoms with Crippen LogP contribution in [0.15, 0.2) is 36.4 Å². The van der Waals surface area contributed by atoms with Crippen molar-refractivity contribution in [2.45, 2.75) is 31.5 Å². The molecular weight excluding hydrogens is 402 g/mol. The minimum absolute atomic E-state index is 0.104. The average molecular weight is 425 g/mol. The van der Waals surface area contributed by atoms with Gasteiger partial charge in [-0.2, -0.15) is 0 Å². The van der Waals surface area contributed by atoms with Gasteiger partial charge in [-0.05, 0) is 54.9 Å². The molecule has 0 bridgehead atoms. The van der Waals surface area contributed by atoms with E-state index in [1.54, 1.807) is 43.3 Å². The zero-order valence-electron chi connectivity index (χ0n) is 16.0. The summed E-state index contributed by atoms with van der Waals surface area (Å²) >= 11 is 12.4. The number of likely N-dealkylation sites (N-methyl/N-ethyl adjacent to an activating group) is 2. The first-order valence-electron chi connectivity index (χ1n) is 9.06. The molecule has 0 saturated heterocycles. The van der Waals surface area contributed by atoms with Gasteiger partial charge in [-0.1, -0.05) is 35.3 Å². The molecule has 3 rings (SSSR count). The third kappa shape index (κ3) is 4.18. The summed E-state index contributed by atoms with van der Waals surface area (Å²) in [6, 6.07) is 9.03. The fourth-order valence-corrected chi connectivity index (χ4v) is 4.35. The molecule has 1 N–H and O–H groups in total. The van der Waals surface area contributed by atoms with Gasteiger partial charge in [-0.25, -0.2) is 4.39 Å². The highest BCUT2D eigenvalue weighted by molar-refractivity contribution is 6.35. The van der Waals surface area contributed by atoms with Crippen LogP contribution in [0.1, 0.15) is 35.7 Å². The van der Waals surface area contributed by atoms with Crippen molar-refractivity contribution in [2.75, 3.05) is 20.6 Å². The van der Waals surface area contributed by atoms with E-state index in [2.05, 4.69) is 0 Å². The molecule has 0 saturated carbocycles. The first kappa shape index (κ1) is 21.1. The van der Waals surface area contributed by atoms with Gasteiger partial charge in [0.25, 0.3) is 0 Å². The number of hydrogen-bond acceptors (Lipinski definition) is 3. The molecule has 2 aromatic rings. The number of carbonyl (C=O) groups is 1. The van der Waals surface area contributed by atoms with Crippen LogP contribution in [0.4, 0.5) is 4.39 Å². The molecule has 3 unspecified atom stereocenters. The number of benzene rings is 2. The average Bonchev–Trinajstić information content (AvgIpc) is 2.97. The molecule has 0 aromatic heterocycles. The van der Waals surface area contributed by atoms with Crippen molar-refractivity contribution < 1.29 is 14.3 Å². The van der Waals surface area contributed by atoms with Crippen molar-refractivity contribution in [1.82, 2.24) is 9.80 Å². The topological polar surface area (TPSA) is 43.8 Å². The van der Waals surface area contributed by atoms with Crippen LogP contribution in [0.5, 0.6) is 0 Å². The van der Waals surface area contributed by atoms with Crippen LogP contribution >= 0.6 is 23.2 Å². The Morgan fingerprint density at radius 3 is 2.54 bits per heavy atom. The van der Waals surface area contributed by atoms with Gasteiger partial charge in [0.05, 0.1) is 24.7 Å². The number of halogens is 3. The molecule has 0 spiro atoms. The van der Waals surface area contributed by atoms with Crippen LogP contribution in [0.3, 0.4) is 0 Å². The summed E-state index contributed by atoms with van der Waals surface area (Å²) in [6.45, 7) is 2.01. The molecule has 1 aliphatic carbocycles. The normalized spacial score (nSPS) is 19.6. The highest BCUT2D eigenvalue weighted by Crippen LogP contribution is 2.40. The van der Waals surface area contributed by atoms with Gasteiger partial charge in [-0.15, -0.1) is 0 Å². The van der Waals surface area contributed by atoms with Gasteiger partial charge in [0, 0.05) is 23.5 Å². The molecule has 1 amide bonds. The summed E-state index contributed by atoms with van der Waals surface area (Å²) < 4.78 is 13.1. The third-order valence-electron chi connectivity index (χ3n) is 5.48. The first-order chi connectivity index (χ1) is 13.2. The van der Waals surface area contributed by atoms with Gasteiger partial charge < -0.3 is 10.0 Å². The fourth-order valence-electron chi connectivity index (χ4n) is 3.77. The minimum atomic E-state index is -0.663. The van der Waals surface area contributed by atoms with E-state index in [1.165, 1.54) is 12.1 Å². The smallest absolute Gasteiger partial charge is 0.237 e. The molecule has 0 heterocycles. The Kier molecular flexibility index (Phi) is 6.30. The summed E-state index contributed by atoms with van der Waals surface area (Å²) in [6.07, 6.45) is -0.236. The summed E-state index contributed by atoms with van der Waals surface area (Å²) in [4.78, 5) is 16.3. The lowest BCUT2D eigenvalue weighted by molar-refractivity contribution is -0.133. The van der Waals surface area contributed by atoms with E-state index in [1.807, 2.05) is 11.8 Å². The number of amides is 1. The highest BCUT2D eigenvalue weighted by Gasteiger charge is 2.36. The molecule has 150 valence electrons. The van der Waals surface area contributed by atoms with E-state index in [0.29, 0.717) is 16.5 Å². The Morgan fingerprint density at radius 1 is 1.25 bits per heavy atom. The maximum Gasteiger partial charge on any atom is 0.237 e. The molecule has 0 fully saturated rings. The second-order valence-corrected chi connectivity index (χ2v) is 8.16. The number of fused-ring (bicyclic) bond motifs is 1. The molecule has 28 heavy (non-hydrogen) atoms. The Hall–Kier alpha value is -1.66. The number of aliphatic hydroxyl groups is 1. The molecule has 0 aliphatic heterocycles. The monoisotopic (exact) mass is 424 g/mol. The minimum Gasteiger partial charge on any atom is -0.391 e. The van der Waals surface area contributed by atoms with Crippen LogP contribution in [0, 0.1) is 5.82 Å². The fraction of sp³-hybridized carbons (Fsp3) is 0.381. The summed E-state index contributed by atoms with van der Waals surface area (Å²) in [5.74, 6) is -0.413. The Morgan fingerprint density at radius 2 is 1.89 bits per heavy atom. The Bertz CT molecular complexity index is 875. The molecule has 4 nitrogen and oxygen atoms in total. The zero-order valence-corrected chi connectivity index (χ0v) is 17.5. The van der Waals surface area contributed by atoms with E-state index in [9.17, 15) is 14.3 Å². The van der Waals surface area contributed by atoms with Gasteiger partial charge >= 0.3 is 0 Å². The number of hydrogen-bond donors (Lipinski definition) is 1. The lowest BCUT2D eigenvalue weighted by atomic mass is 10.1. The van der Waals surface area contributed by atoms with Crippen LogP contribution in [-0.2, 0) is 11.2 Å². The van der Waals surface area contributed by atoms with E-state index in [4.69, 9.17) is 23.2 Å². The standard InChI is InChI=1S/C21H23Cl2FN2O2/c1-12(13-4-6-15(24)7-5-13)26(3)20(28)11-25(2)21-17-8-14(22)9-18(23)16(17)10-19(21)27/h4-9,12,19,21,27H,10-11H2,1-3H3. The lowest BCUT2D eigenvalue weighted by Crippen LogP contribution is -2.41. The second kappa shape index (κ2) is 8.37. The van der Waals surface area contributed by atoms with Crippen molar-refractivity contribution in [3.63, 3.8) is 0 Å². The Balaban J connectivity index is 1.73. The molecule has 1 aliphatic rings. The van der Waals surface area contributed by atoms with E-state index >= 15 is 0 Å². The molecule has 2 aromatic carbocycles. The van der Waals surface area contributed by atoms with Gasteiger partial charge in [0.15, 0.2) is 0 Å². The molecule has 3 atom stereocenters. The van der Waals surface area contributed by atoms with Crippen LogP contribution < -0.4 is 0 Å². The molecule has 0 radical (unpaired) electrons. The van der Waals surface area contributed by atoms with Crippen molar-refractivity contribution >= 4 is 29.1 Å². The number of nitrogens with zero attached hydrogens (tertiary/aromatic N) is 2. The first-order valence-corrected chi connectivity index (χ1v) is 9.82. The van der Waals surface area contributed by atoms with Crippen LogP contribution in [-0.4, -0.2) is 47.6 Å². The quantitative estimate of drug-likeness (QED) is 0.780. The number of carbonyl (C=O) groups excluding carboxylic acids is 1. The Labute approximate surface area is 174 Å². The third-order valence-corrected chi connectivity index (χ3v) is 6.03. The van der Waals surface area contributed by atoms with Crippen LogP contribution in [0.25, 0.3) is 0 Å². The predicted octanol–water partition coefficient (Wildman–Crippen LogP) is 4.24. The molecular formula is C21H23Cl2FN2O2. The summed E-state index contributed by atoms with van der Waals surface area (Å²) in [5, 5.41) is 11.6. The van der Waals surface area contributed by atoms with E-state index < -0.39 is 6.10 Å². The number of aliphatic hydroxyl groups excluding tert-OH is 1. The molecule has 7 heteroatoms. The summed E-state index contributed by atoms with van der Waals surface area (Å²) in [5.41, 5.74) is 2.58. The SMILES string of the molecule is CC(c1ccc(F)cc1)N(C)C(=O)CN(C)C1c2cc(Cl)cc(Cl)c2CC1O. The second-order valence-electron chi connectivity index (χ2n) is 7.32. The van der Waals surface area contributed by atoms with E-state index in [0.717, 1.165) is 16.7 Å². The highest BCUT2D eigenvalue weighted by atomic mass is 35.5. The van der Waals surface area contributed by atoms with Gasteiger partial charge in [0.1, 0.15) is 5.82 Å². The predicted molar refractivity (Wildman–Crippen MR) is 109 cm³/mol. The maximum atomic E-state index is 13.1. The zero-order chi connectivity index (χ0) is 20.6. The maximum absolute atomic E-state index is 13.1. The van der Waals surface area contributed by atoms with Gasteiger partial charge in [-0.3, -0.25) is 9.69 Å². The van der Waals surface area contributed by atoms with Crippen molar-refractivity contribution in [3.8, 4) is 0 Å². The van der Waals surface area contributed by atoms with Crippen molar-refractivity contribution in [1.29, 1.82) is 0 Å². The number of rotatable bonds is 5. The van der Waals surface area contributed by atoms with Gasteiger partial charge in [0.2, 0.25) is 5.91 Å². The van der Waals surface area contributed by atoms with Crippen molar-refractivity contribution in [2.24, 2.45) is 0 Å². The van der Waals surface area contributed by atoms with Crippen molar-refractivity contribution in [3.05, 3.63) is 69.0 Å². The summed E-state index contributed by atoms with van der Waals surface area (Å²) in [7, 11) is 3.52. The largest absolute Gasteiger partial charge is 0.391 e.